The Morgan fingerprint density at radius 2 is 1.88 bits per heavy atom. The van der Waals surface area contributed by atoms with Crippen LogP contribution in [0.1, 0.15) is 0 Å². The van der Waals surface area contributed by atoms with E-state index in [1.165, 1.54) is 23.7 Å². The van der Waals surface area contributed by atoms with Gasteiger partial charge < -0.3 is 5.11 Å². The Kier molecular flexibility index (Phi) is 4.78. The summed E-state index contributed by atoms with van der Waals surface area (Å²) in [4.78, 5) is 19.7. The van der Waals surface area contributed by atoms with Gasteiger partial charge in [-0.3, -0.25) is 15.1 Å². The fourth-order valence-corrected chi connectivity index (χ4v) is 3.04. The van der Waals surface area contributed by atoms with Crippen LogP contribution in [0.3, 0.4) is 0 Å². The molecular weight excluding hydrogens is 328 g/mol. The molecule has 3 aromatic rings. The maximum atomic E-state index is 10.8. The number of nitro groups is 1. The van der Waals surface area contributed by atoms with Crippen molar-refractivity contribution >= 4 is 17.2 Å². The molecule has 24 heavy (non-hydrogen) atoms. The Morgan fingerprint density at radius 1 is 1.17 bits per heavy atom. The number of nitrogens with zero attached hydrogens (tertiary/aromatic N) is 4. The van der Waals surface area contributed by atoms with Gasteiger partial charge in [-0.05, 0) is 23.7 Å². The highest BCUT2D eigenvalue weighted by molar-refractivity contribution is 7.04. The van der Waals surface area contributed by atoms with Gasteiger partial charge in [-0.2, -0.15) is 4.98 Å². The lowest BCUT2D eigenvalue weighted by molar-refractivity contribution is -0.384. The van der Waals surface area contributed by atoms with Gasteiger partial charge in [0.05, 0.1) is 23.8 Å². The zero-order chi connectivity index (χ0) is 16.9. The summed E-state index contributed by atoms with van der Waals surface area (Å²) in [5, 5.41) is 19.7. The molecule has 0 bridgehead atoms. The molecule has 0 aliphatic rings. The van der Waals surface area contributed by atoms with Crippen LogP contribution in [0, 0.1) is 10.1 Å². The second kappa shape index (κ2) is 7.16. The van der Waals surface area contributed by atoms with E-state index in [-0.39, 0.29) is 18.8 Å². The molecule has 8 heteroatoms. The van der Waals surface area contributed by atoms with Gasteiger partial charge in [0, 0.05) is 17.7 Å². The van der Waals surface area contributed by atoms with Gasteiger partial charge in [-0.1, -0.05) is 30.3 Å². The largest absolute Gasteiger partial charge is 0.394 e. The highest BCUT2D eigenvalue weighted by Crippen LogP contribution is 2.23. The molecule has 0 saturated heterocycles. The first kappa shape index (κ1) is 16.0. The molecule has 1 aromatic heterocycles. The first-order valence-corrected chi connectivity index (χ1v) is 7.98. The lowest BCUT2D eigenvalue weighted by atomic mass is 10.2. The molecule has 0 radical (unpaired) electrons. The number of non-ortho nitro benzene ring substituents is 1. The Labute approximate surface area is 141 Å². The number of nitro benzene ring substituents is 1. The number of aliphatic hydroxyl groups excluding tert-OH is 1. The summed E-state index contributed by atoms with van der Waals surface area (Å²) in [6, 6.07) is 15.9. The molecule has 0 spiro atoms. The molecule has 0 aliphatic heterocycles. The maximum absolute atomic E-state index is 10.8. The highest BCUT2D eigenvalue weighted by Gasteiger charge is 2.12. The summed E-state index contributed by atoms with van der Waals surface area (Å²) in [6.07, 6.45) is 0. The number of hydrogen-bond acceptors (Lipinski definition) is 6. The third-order valence-corrected chi connectivity index (χ3v) is 4.19. The lowest BCUT2D eigenvalue weighted by Gasteiger charge is -2.06. The minimum absolute atomic E-state index is 0.0373. The van der Waals surface area contributed by atoms with Gasteiger partial charge in [-0.15, -0.1) is 0 Å². The predicted octanol–water partition coefficient (Wildman–Crippen LogP) is 2.40. The van der Waals surface area contributed by atoms with E-state index in [4.69, 9.17) is 5.11 Å². The van der Waals surface area contributed by atoms with Crippen LogP contribution in [0.25, 0.3) is 17.1 Å². The van der Waals surface area contributed by atoms with Gasteiger partial charge >= 0.3 is 0 Å². The molecule has 3 rings (SSSR count). The molecule has 0 aliphatic carbocycles. The number of aliphatic hydroxyl groups is 1. The average Bonchev–Trinajstić information content (AvgIpc) is 3.05. The van der Waals surface area contributed by atoms with E-state index in [9.17, 15) is 10.1 Å². The van der Waals surface area contributed by atoms with Crippen LogP contribution in [0.2, 0.25) is 0 Å². The standard InChI is InChI=1S/C16H14N4O3S/c21-11-10-17-16-18-15(12-4-2-1-3-5-12)19(24-16)13-6-8-14(9-7-13)20(22)23/h1-9,21H,10-11H2. The Bertz CT molecular complexity index is 901. The molecule has 0 fully saturated rings. The van der Waals surface area contributed by atoms with E-state index in [1.807, 2.05) is 34.3 Å². The lowest BCUT2D eigenvalue weighted by Crippen LogP contribution is -2.01. The number of rotatable bonds is 5. The summed E-state index contributed by atoms with van der Waals surface area (Å²) in [5.41, 5.74) is 1.72. The molecule has 1 N–H and O–H groups in total. The zero-order valence-corrected chi connectivity index (χ0v) is 13.4. The van der Waals surface area contributed by atoms with E-state index in [1.54, 1.807) is 12.1 Å². The number of hydrogen-bond donors (Lipinski definition) is 1. The fraction of sp³-hybridized carbons (Fsp3) is 0.125. The van der Waals surface area contributed by atoms with E-state index in [0.717, 1.165) is 11.3 Å². The van der Waals surface area contributed by atoms with Gasteiger partial charge in [0.2, 0.25) is 4.80 Å². The summed E-state index contributed by atoms with van der Waals surface area (Å²) in [5.74, 6) is 0.700. The Hall–Kier alpha value is -2.84. The van der Waals surface area contributed by atoms with Crippen molar-refractivity contribution in [3.05, 3.63) is 69.5 Å². The van der Waals surface area contributed by atoms with Crippen molar-refractivity contribution in [3.8, 4) is 17.1 Å². The molecule has 0 atom stereocenters. The Morgan fingerprint density at radius 3 is 2.50 bits per heavy atom. The molecule has 0 unspecified atom stereocenters. The van der Waals surface area contributed by atoms with Gasteiger partial charge in [-0.25, -0.2) is 3.96 Å². The molecule has 122 valence electrons. The normalized spacial score (nSPS) is 11.6. The second-order valence-electron chi connectivity index (χ2n) is 4.85. The van der Waals surface area contributed by atoms with Crippen molar-refractivity contribution in [1.82, 2.24) is 8.94 Å². The maximum Gasteiger partial charge on any atom is 0.269 e. The topological polar surface area (TPSA) is 93.5 Å². The van der Waals surface area contributed by atoms with Crippen LogP contribution in [0.4, 0.5) is 5.69 Å². The van der Waals surface area contributed by atoms with Crippen molar-refractivity contribution < 1.29 is 10.0 Å². The van der Waals surface area contributed by atoms with E-state index < -0.39 is 4.92 Å². The smallest absolute Gasteiger partial charge is 0.269 e. The van der Waals surface area contributed by atoms with Crippen molar-refractivity contribution in [2.75, 3.05) is 13.2 Å². The number of benzene rings is 2. The minimum atomic E-state index is -0.429. The van der Waals surface area contributed by atoms with Gasteiger partial charge in [0.1, 0.15) is 0 Å². The monoisotopic (exact) mass is 342 g/mol. The second-order valence-corrected chi connectivity index (χ2v) is 5.76. The van der Waals surface area contributed by atoms with E-state index in [0.29, 0.717) is 10.6 Å². The van der Waals surface area contributed by atoms with Crippen molar-refractivity contribution in [1.29, 1.82) is 0 Å². The first-order valence-electron chi connectivity index (χ1n) is 7.21. The van der Waals surface area contributed by atoms with Crippen molar-refractivity contribution in [2.45, 2.75) is 0 Å². The van der Waals surface area contributed by atoms with Crippen molar-refractivity contribution in [3.63, 3.8) is 0 Å². The SMILES string of the molecule is O=[N+]([O-])c1ccc(-n2sc(=NCCO)nc2-c2ccccc2)cc1. The quantitative estimate of drug-likeness (QED) is 0.569. The zero-order valence-electron chi connectivity index (χ0n) is 12.6. The minimum Gasteiger partial charge on any atom is -0.394 e. The molecule has 1 heterocycles. The van der Waals surface area contributed by atoms with E-state index in [2.05, 4.69) is 9.98 Å². The summed E-state index contributed by atoms with van der Waals surface area (Å²) in [7, 11) is 0. The summed E-state index contributed by atoms with van der Waals surface area (Å²) in [6.45, 7) is 0.236. The molecular formula is C16H14N4O3S. The molecule has 7 nitrogen and oxygen atoms in total. The summed E-state index contributed by atoms with van der Waals surface area (Å²) < 4.78 is 1.87. The molecule has 0 saturated carbocycles. The first-order chi connectivity index (χ1) is 11.7. The van der Waals surface area contributed by atoms with Gasteiger partial charge in [0.15, 0.2) is 5.82 Å². The predicted molar refractivity (Wildman–Crippen MR) is 91.0 cm³/mol. The summed E-state index contributed by atoms with van der Waals surface area (Å²) >= 11 is 1.32. The average molecular weight is 342 g/mol. The van der Waals surface area contributed by atoms with Crippen LogP contribution >= 0.6 is 11.5 Å². The molecule has 0 amide bonds. The highest BCUT2D eigenvalue weighted by atomic mass is 32.1. The fourth-order valence-electron chi connectivity index (χ4n) is 2.14. The Balaban J connectivity index is 2.11. The van der Waals surface area contributed by atoms with Crippen LogP contribution in [0.15, 0.2) is 59.6 Å². The van der Waals surface area contributed by atoms with Crippen LogP contribution in [-0.2, 0) is 0 Å². The third-order valence-electron chi connectivity index (χ3n) is 3.24. The van der Waals surface area contributed by atoms with Crippen molar-refractivity contribution in [2.24, 2.45) is 4.99 Å². The number of aromatic nitrogens is 2. The van der Waals surface area contributed by atoms with Gasteiger partial charge in [0.25, 0.3) is 5.69 Å². The third kappa shape index (κ3) is 3.39. The van der Waals surface area contributed by atoms with Crippen LogP contribution < -0.4 is 4.80 Å². The van der Waals surface area contributed by atoms with Crippen LogP contribution in [-0.4, -0.2) is 32.1 Å². The van der Waals surface area contributed by atoms with E-state index >= 15 is 0 Å². The van der Waals surface area contributed by atoms with Crippen LogP contribution in [0.5, 0.6) is 0 Å². The molecule has 2 aromatic carbocycles.